The highest BCUT2D eigenvalue weighted by Crippen LogP contribution is 2.13. The van der Waals surface area contributed by atoms with Gasteiger partial charge in [0.05, 0.1) is 0 Å². The number of halogens is 1. The van der Waals surface area contributed by atoms with E-state index in [1.807, 2.05) is 0 Å². The van der Waals surface area contributed by atoms with Crippen LogP contribution in [-0.4, -0.2) is 11.1 Å². The van der Waals surface area contributed by atoms with Crippen LogP contribution in [0.2, 0.25) is 0 Å². The summed E-state index contributed by atoms with van der Waals surface area (Å²) < 4.78 is 3.44. The molecule has 3 heteroatoms. The molecule has 0 radical (unpaired) electrons. The molecule has 19 heavy (non-hydrogen) atoms. The summed E-state index contributed by atoms with van der Waals surface area (Å²) in [6, 6.07) is 12.8. The first-order valence-electron chi connectivity index (χ1n) is 6.89. The highest BCUT2D eigenvalue weighted by molar-refractivity contribution is 9.10. The van der Waals surface area contributed by atoms with Gasteiger partial charge in [0.1, 0.15) is 0 Å². The number of rotatable bonds is 7. The number of nitrogens with one attached hydrogen (secondary N) is 1. The summed E-state index contributed by atoms with van der Waals surface area (Å²) in [5.74, 6) is 0. The fraction of sp³-hybridized carbons (Fsp3) is 0.375. The van der Waals surface area contributed by atoms with E-state index in [0.717, 1.165) is 24.1 Å². The Labute approximate surface area is 124 Å². The molecule has 1 N–H and O–H groups in total. The maximum atomic E-state index is 3.50. The van der Waals surface area contributed by atoms with Crippen molar-refractivity contribution in [2.24, 2.45) is 0 Å². The molecule has 2 aromatic rings. The van der Waals surface area contributed by atoms with Crippen LogP contribution in [0.1, 0.15) is 31.0 Å². The van der Waals surface area contributed by atoms with Crippen LogP contribution >= 0.6 is 15.9 Å². The lowest BCUT2D eigenvalue weighted by molar-refractivity contribution is 0.610. The average Bonchev–Trinajstić information content (AvgIpc) is 2.85. The highest BCUT2D eigenvalue weighted by Gasteiger charge is 2.01. The van der Waals surface area contributed by atoms with Gasteiger partial charge in [-0.1, -0.05) is 41.4 Å². The van der Waals surface area contributed by atoms with Crippen LogP contribution in [0.25, 0.3) is 0 Å². The molecule has 2 nitrogen and oxygen atoms in total. The van der Waals surface area contributed by atoms with E-state index < -0.39 is 0 Å². The maximum Gasteiger partial charge on any atom is 0.0473 e. The minimum atomic E-state index is 0.936. The fourth-order valence-corrected chi connectivity index (χ4v) is 2.33. The standard InChI is InChI=1S/C16H21BrN2/c1-2-3-10-18-12-16-5-4-11-19(16)13-14-6-8-15(17)9-7-14/h4-9,11,18H,2-3,10,12-13H2,1H3. The predicted molar refractivity (Wildman–Crippen MR) is 84.3 cm³/mol. The van der Waals surface area contributed by atoms with E-state index in [9.17, 15) is 0 Å². The molecule has 0 bridgehead atoms. The Bertz CT molecular complexity index is 488. The predicted octanol–water partition coefficient (Wildman–Crippen LogP) is 4.19. The first-order valence-corrected chi connectivity index (χ1v) is 7.68. The molecule has 0 saturated carbocycles. The van der Waals surface area contributed by atoms with Crippen LogP contribution in [0.15, 0.2) is 47.1 Å². The van der Waals surface area contributed by atoms with Crippen molar-refractivity contribution in [2.45, 2.75) is 32.9 Å². The lowest BCUT2D eigenvalue weighted by atomic mass is 10.2. The molecule has 102 valence electrons. The summed E-state index contributed by atoms with van der Waals surface area (Å²) in [7, 11) is 0. The number of unbranched alkanes of at least 4 members (excludes halogenated alkanes) is 1. The van der Waals surface area contributed by atoms with E-state index in [2.05, 4.69) is 75.3 Å². The van der Waals surface area contributed by atoms with Gasteiger partial charge < -0.3 is 9.88 Å². The van der Waals surface area contributed by atoms with E-state index in [1.54, 1.807) is 0 Å². The second-order valence-electron chi connectivity index (χ2n) is 4.78. The smallest absolute Gasteiger partial charge is 0.0473 e. The Kier molecular flexibility index (Phi) is 5.67. The average molecular weight is 321 g/mol. The normalized spacial score (nSPS) is 10.8. The quantitative estimate of drug-likeness (QED) is 0.757. The molecule has 0 unspecified atom stereocenters. The SMILES string of the molecule is CCCCNCc1cccn1Cc1ccc(Br)cc1. The Balaban J connectivity index is 1.93. The number of hydrogen-bond donors (Lipinski definition) is 1. The third-order valence-corrected chi connectivity index (χ3v) is 3.73. The van der Waals surface area contributed by atoms with E-state index in [4.69, 9.17) is 0 Å². The first kappa shape index (κ1) is 14.4. The minimum Gasteiger partial charge on any atom is -0.346 e. The van der Waals surface area contributed by atoms with Crippen LogP contribution < -0.4 is 5.32 Å². The van der Waals surface area contributed by atoms with E-state index in [1.165, 1.54) is 24.1 Å². The van der Waals surface area contributed by atoms with Crippen molar-refractivity contribution in [3.8, 4) is 0 Å². The van der Waals surface area contributed by atoms with Gasteiger partial charge in [0, 0.05) is 29.5 Å². The number of benzene rings is 1. The van der Waals surface area contributed by atoms with E-state index >= 15 is 0 Å². The molecule has 0 aliphatic heterocycles. The van der Waals surface area contributed by atoms with Crippen molar-refractivity contribution in [1.29, 1.82) is 0 Å². The van der Waals surface area contributed by atoms with Gasteiger partial charge in [-0.15, -0.1) is 0 Å². The zero-order chi connectivity index (χ0) is 13.5. The molecule has 0 saturated heterocycles. The molecule has 0 spiro atoms. The Hall–Kier alpha value is -1.06. The monoisotopic (exact) mass is 320 g/mol. The van der Waals surface area contributed by atoms with Crippen molar-refractivity contribution in [2.75, 3.05) is 6.54 Å². The third-order valence-electron chi connectivity index (χ3n) is 3.20. The molecular formula is C16H21BrN2. The zero-order valence-corrected chi connectivity index (χ0v) is 13.0. The van der Waals surface area contributed by atoms with Crippen LogP contribution in [0.5, 0.6) is 0 Å². The number of aromatic nitrogens is 1. The Morgan fingerprint density at radius 3 is 2.68 bits per heavy atom. The van der Waals surface area contributed by atoms with Crippen LogP contribution in [0.4, 0.5) is 0 Å². The number of hydrogen-bond acceptors (Lipinski definition) is 1. The number of nitrogens with zero attached hydrogens (tertiary/aromatic N) is 1. The van der Waals surface area contributed by atoms with Crippen LogP contribution in [-0.2, 0) is 13.1 Å². The van der Waals surface area contributed by atoms with Crippen LogP contribution in [0, 0.1) is 0 Å². The lowest BCUT2D eigenvalue weighted by Gasteiger charge is -2.10. The molecule has 1 aromatic carbocycles. The molecule has 1 heterocycles. The van der Waals surface area contributed by atoms with Crippen molar-refractivity contribution in [1.82, 2.24) is 9.88 Å². The van der Waals surface area contributed by atoms with Gasteiger partial charge in [-0.05, 0) is 42.8 Å². The largest absolute Gasteiger partial charge is 0.346 e. The van der Waals surface area contributed by atoms with Gasteiger partial charge in [0.25, 0.3) is 0 Å². The molecule has 0 aliphatic rings. The van der Waals surface area contributed by atoms with Crippen molar-refractivity contribution in [3.05, 3.63) is 58.3 Å². The summed E-state index contributed by atoms with van der Waals surface area (Å²) >= 11 is 3.47. The first-order chi connectivity index (χ1) is 9.29. The fourth-order valence-electron chi connectivity index (χ4n) is 2.07. The molecule has 2 rings (SSSR count). The Morgan fingerprint density at radius 2 is 1.95 bits per heavy atom. The van der Waals surface area contributed by atoms with Crippen molar-refractivity contribution in [3.63, 3.8) is 0 Å². The third kappa shape index (κ3) is 4.51. The molecule has 0 atom stereocenters. The van der Waals surface area contributed by atoms with Crippen molar-refractivity contribution < 1.29 is 0 Å². The summed E-state index contributed by atoms with van der Waals surface area (Å²) in [6.07, 6.45) is 4.64. The second kappa shape index (κ2) is 7.51. The van der Waals surface area contributed by atoms with Gasteiger partial charge in [-0.3, -0.25) is 0 Å². The molecule has 0 fully saturated rings. The minimum absolute atomic E-state index is 0.936. The van der Waals surface area contributed by atoms with Gasteiger partial charge in [-0.25, -0.2) is 0 Å². The summed E-state index contributed by atoms with van der Waals surface area (Å²) in [5.41, 5.74) is 2.67. The zero-order valence-electron chi connectivity index (χ0n) is 11.4. The van der Waals surface area contributed by atoms with E-state index in [-0.39, 0.29) is 0 Å². The van der Waals surface area contributed by atoms with Gasteiger partial charge >= 0.3 is 0 Å². The summed E-state index contributed by atoms with van der Waals surface area (Å²) in [5, 5.41) is 3.50. The molecule has 1 aromatic heterocycles. The highest BCUT2D eigenvalue weighted by atomic mass is 79.9. The molecular weight excluding hydrogens is 300 g/mol. The van der Waals surface area contributed by atoms with Gasteiger partial charge in [-0.2, -0.15) is 0 Å². The molecule has 0 aliphatic carbocycles. The van der Waals surface area contributed by atoms with E-state index in [0.29, 0.717) is 0 Å². The topological polar surface area (TPSA) is 17.0 Å². The summed E-state index contributed by atoms with van der Waals surface area (Å²) in [4.78, 5) is 0. The second-order valence-corrected chi connectivity index (χ2v) is 5.70. The maximum absolute atomic E-state index is 3.50. The lowest BCUT2D eigenvalue weighted by Crippen LogP contribution is -2.17. The molecule has 0 amide bonds. The Morgan fingerprint density at radius 1 is 1.16 bits per heavy atom. The summed E-state index contributed by atoms with van der Waals surface area (Å²) in [6.45, 7) is 5.20. The van der Waals surface area contributed by atoms with Gasteiger partial charge in [0.15, 0.2) is 0 Å². The van der Waals surface area contributed by atoms with Gasteiger partial charge in [0.2, 0.25) is 0 Å². The van der Waals surface area contributed by atoms with Crippen molar-refractivity contribution >= 4 is 15.9 Å². The van der Waals surface area contributed by atoms with Crippen LogP contribution in [0.3, 0.4) is 0 Å².